The Morgan fingerprint density at radius 3 is 2.52 bits per heavy atom. The lowest BCUT2D eigenvalue weighted by Gasteiger charge is -2.05. The van der Waals surface area contributed by atoms with Gasteiger partial charge in [0, 0.05) is 10.6 Å². The summed E-state index contributed by atoms with van der Waals surface area (Å²) in [6, 6.07) is 14.6. The molecular weight excluding hydrogens is 307 g/mol. The van der Waals surface area contributed by atoms with Gasteiger partial charge >= 0.3 is 0 Å². The fourth-order valence-electron chi connectivity index (χ4n) is 1.81. The largest absolute Gasteiger partial charge is 0.273 e. The number of benzene rings is 2. The molecule has 0 aliphatic carbocycles. The highest BCUT2D eigenvalue weighted by atomic mass is 35.5. The Hall–Kier alpha value is -1.84. The van der Waals surface area contributed by atoms with E-state index in [1.54, 1.807) is 25.1 Å². The lowest BCUT2D eigenvalue weighted by molar-refractivity contribution is -0.120. The predicted molar refractivity (Wildman–Crippen MR) is 87.0 cm³/mol. The quantitative estimate of drug-likeness (QED) is 0.669. The van der Waals surface area contributed by atoms with Gasteiger partial charge < -0.3 is 0 Å². The maximum Gasteiger partial charge on any atom is 0.244 e. The van der Waals surface area contributed by atoms with E-state index in [9.17, 15) is 4.79 Å². The fourth-order valence-corrected chi connectivity index (χ4v) is 2.36. The first kappa shape index (κ1) is 15.5. The molecule has 0 unspecified atom stereocenters. The van der Waals surface area contributed by atoms with Gasteiger partial charge in [0.15, 0.2) is 0 Å². The van der Waals surface area contributed by atoms with Crippen molar-refractivity contribution in [2.24, 2.45) is 5.10 Å². The Labute approximate surface area is 133 Å². The molecule has 0 spiro atoms. The van der Waals surface area contributed by atoms with Gasteiger partial charge in [0.05, 0.1) is 17.2 Å². The lowest BCUT2D eigenvalue weighted by Crippen LogP contribution is -2.21. The number of carbonyl (C=O) groups is 1. The van der Waals surface area contributed by atoms with Gasteiger partial charge in [0.1, 0.15) is 0 Å². The standard InChI is InChI=1S/C16H14Cl2N2O/c1-11(14-8-7-13(17)10-15(14)18)19-20-16(21)9-12-5-3-2-4-6-12/h2-8,10H,9H2,1H3,(H,20,21). The van der Waals surface area contributed by atoms with Crippen molar-refractivity contribution in [3.8, 4) is 0 Å². The van der Waals surface area contributed by atoms with Crippen LogP contribution in [0.1, 0.15) is 18.1 Å². The molecule has 2 rings (SSSR count). The second-order valence-corrected chi connectivity index (χ2v) is 5.36. The second kappa shape index (κ2) is 7.25. The number of nitrogens with zero attached hydrogens (tertiary/aromatic N) is 1. The molecule has 0 fully saturated rings. The van der Waals surface area contributed by atoms with E-state index in [1.807, 2.05) is 30.3 Å². The van der Waals surface area contributed by atoms with Crippen LogP contribution in [0.3, 0.4) is 0 Å². The number of hydrogen-bond acceptors (Lipinski definition) is 2. The predicted octanol–water partition coefficient (Wildman–Crippen LogP) is 4.08. The van der Waals surface area contributed by atoms with E-state index in [4.69, 9.17) is 23.2 Å². The first-order chi connectivity index (χ1) is 10.1. The molecule has 0 radical (unpaired) electrons. The average molecular weight is 321 g/mol. The molecule has 0 aliphatic heterocycles. The zero-order valence-electron chi connectivity index (χ0n) is 11.4. The molecule has 108 valence electrons. The Morgan fingerprint density at radius 1 is 1.14 bits per heavy atom. The van der Waals surface area contributed by atoms with Crippen LogP contribution in [-0.4, -0.2) is 11.6 Å². The minimum absolute atomic E-state index is 0.175. The van der Waals surface area contributed by atoms with E-state index < -0.39 is 0 Å². The lowest BCUT2D eigenvalue weighted by atomic mass is 10.1. The van der Waals surface area contributed by atoms with Crippen LogP contribution in [0.15, 0.2) is 53.6 Å². The van der Waals surface area contributed by atoms with E-state index in [0.717, 1.165) is 11.1 Å². The summed E-state index contributed by atoms with van der Waals surface area (Å²) in [6.45, 7) is 1.78. The maximum atomic E-state index is 11.8. The smallest absolute Gasteiger partial charge is 0.244 e. The summed E-state index contributed by atoms with van der Waals surface area (Å²) in [5, 5.41) is 5.13. The first-order valence-corrected chi connectivity index (χ1v) is 7.14. The number of hydrogen-bond donors (Lipinski definition) is 1. The minimum atomic E-state index is -0.175. The zero-order chi connectivity index (χ0) is 15.2. The van der Waals surface area contributed by atoms with Crippen LogP contribution in [-0.2, 0) is 11.2 Å². The molecular formula is C16H14Cl2N2O. The van der Waals surface area contributed by atoms with Crippen molar-refractivity contribution in [2.45, 2.75) is 13.3 Å². The van der Waals surface area contributed by atoms with E-state index in [1.165, 1.54) is 0 Å². The molecule has 21 heavy (non-hydrogen) atoms. The van der Waals surface area contributed by atoms with Crippen molar-refractivity contribution < 1.29 is 4.79 Å². The van der Waals surface area contributed by atoms with Gasteiger partial charge in [-0.3, -0.25) is 4.79 Å². The zero-order valence-corrected chi connectivity index (χ0v) is 12.9. The molecule has 2 aromatic carbocycles. The minimum Gasteiger partial charge on any atom is -0.273 e. The van der Waals surface area contributed by atoms with Crippen LogP contribution >= 0.6 is 23.2 Å². The molecule has 0 atom stereocenters. The number of nitrogens with one attached hydrogen (secondary N) is 1. The van der Waals surface area contributed by atoms with Crippen molar-refractivity contribution in [1.82, 2.24) is 5.43 Å². The van der Waals surface area contributed by atoms with Crippen molar-refractivity contribution in [3.05, 3.63) is 69.7 Å². The number of halogens is 2. The molecule has 2 aromatic rings. The van der Waals surface area contributed by atoms with Crippen LogP contribution < -0.4 is 5.43 Å². The topological polar surface area (TPSA) is 41.5 Å². The van der Waals surface area contributed by atoms with Crippen LogP contribution in [0.2, 0.25) is 10.0 Å². The molecule has 0 aromatic heterocycles. The summed E-state index contributed by atoms with van der Waals surface area (Å²) < 4.78 is 0. The van der Waals surface area contributed by atoms with Gasteiger partial charge in [0.25, 0.3) is 0 Å². The van der Waals surface area contributed by atoms with Crippen LogP contribution in [0, 0.1) is 0 Å². The highest BCUT2D eigenvalue weighted by Gasteiger charge is 2.06. The number of amides is 1. The molecule has 5 heteroatoms. The summed E-state index contributed by atoms with van der Waals surface area (Å²) in [4.78, 5) is 11.8. The molecule has 1 N–H and O–H groups in total. The number of rotatable bonds is 4. The van der Waals surface area contributed by atoms with Gasteiger partial charge in [-0.25, -0.2) is 5.43 Å². The molecule has 3 nitrogen and oxygen atoms in total. The fraction of sp³-hybridized carbons (Fsp3) is 0.125. The molecule has 1 amide bonds. The van der Waals surface area contributed by atoms with Crippen molar-refractivity contribution in [2.75, 3.05) is 0 Å². The SMILES string of the molecule is CC(=NNC(=O)Cc1ccccc1)c1ccc(Cl)cc1Cl. The first-order valence-electron chi connectivity index (χ1n) is 6.39. The van der Waals surface area contributed by atoms with E-state index in [0.29, 0.717) is 15.8 Å². The van der Waals surface area contributed by atoms with E-state index in [2.05, 4.69) is 10.5 Å². The Bertz CT molecular complexity index is 669. The third-order valence-electron chi connectivity index (χ3n) is 2.88. The average Bonchev–Trinajstić information content (AvgIpc) is 2.46. The monoisotopic (exact) mass is 320 g/mol. The van der Waals surface area contributed by atoms with E-state index >= 15 is 0 Å². The summed E-state index contributed by atoms with van der Waals surface area (Å²) in [5.74, 6) is -0.175. The normalized spacial score (nSPS) is 11.3. The molecule has 0 saturated heterocycles. The Kier molecular flexibility index (Phi) is 5.37. The van der Waals surface area contributed by atoms with Gasteiger partial charge in [-0.05, 0) is 24.6 Å². The number of hydrazone groups is 1. The van der Waals surface area contributed by atoms with Crippen molar-refractivity contribution in [3.63, 3.8) is 0 Å². The van der Waals surface area contributed by atoms with Crippen LogP contribution in [0.4, 0.5) is 0 Å². The molecule has 0 aliphatic rings. The van der Waals surface area contributed by atoms with Crippen LogP contribution in [0.25, 0.3) is 0 Å². The molecule has 0 heterocycles. The van der Waals surface area contributed by atoms with Crippen LogP contribution in [0.5, 0.6) is 0 Å². The number of carbonyl (C=O) groups excluding carboxylic acids is 1. The third-order valence-corrected chi connectivity index (χ3v) is 3.42. The molecule has 0 bridgehead atoms. The van der Waals surface area contributed by atoms with Gasteiger partial charge in [-0.2, -0.15) is 5.10 Å². The maximum absolute atomic E-state index is 11.8. The van der Waals surface area contributed by atoms with E-state index in [-0.39, 0.29) is 12.3 Å². The second-order valence-electron chi connectivity index (χ2n) is 4.52. The summed E-state index contributed by atoms with van der Waals surface area (Å²) in [5.41, 5.74) is 4.83. The Morgan fingerprint density at radius 2 is 1.86 bits per heavy atom. The Balaban J connectivity index is 2.01. The highest BCUT2D eigenvalue weighted by molar-refractivity contribution is 6.37. The summed E-state index contributed by atoms with van der Waals surface area (Å²) in [6.07, 6.45) is 0.284. The summed E-state index contributed by atoms with van der Waals surface area (Å²) in [7, 11) is 0. The van der Waals surface area contributed by atoms with Gasteiger partial charge in [-0.15, -0.1) is 0 Å². The summed E-state index contributed by atoms with van der Waals surface area (Å²) >= 11 is 11.9. The highest BCUT2D eigenvalue weighted by Crippen LogP contribution is 2.21. The molecule has 0 saturated carbocycles. The van der Waals surface area contributed by atoms with Gasteiger partial charge in [0.2, 0.25) is 5.91 Å². The third kappa shape index (κ3) is 4.59. The van der Waals surface area contributed by atoms with Gasteiger partial charge in [-0.1, -0.05) is 59.6 Å². The van der Waals surface area contributed by atoms with Crippen molar-refractivity contribution >= 4 is 34.8 Å². The van der Waals surface area contributed by atoms with Crippen molar-refractivity contribution in [1.29, 1.82) is 0 Å².